The van der Waals surface area contributed by atoms with E-state index in [0.717, 1.165) is 41.7 Å². The summed E-state index contributed by atoms with van der Waals surface area (Å²) in [5.74, 6) is 0. The molecule has 3 aromatic rings. The zero-order valence-electron chi connectivity index (χ0n) is 13.7. The number of hydrogen-bond acceptors (Lipinski definition) is 5. The van der Waals surface area contributed by atoms with Crippen LogP contribution in [0, 0.1) is 0 Å². The van der Waals surface area contributed by atoms with E-state index in [1.165, 1.54) is 0 Å². The molecule has 6 heteroatoms. The molecule has 24 heavy (non-hydrogen) atoms. The predicted molar refractivity (Wildman–Crippen MR) is 92.8 cm³/mol. The van der Waals surface area contributed by atoms with Crippen molar-refractivity contribution >= 4 is 16.6 Å². The summed E-state index contributed by atoms with van der Waals surface area (Å²) >= 11 is 0. The number of hydrogen-bond donors (Lipinski definition) is 2. The van der Waals surface area contributed by atoms with Gasteiger partial charge in [-0.3, -0.25) is 4.98 Å². The number of fused-ring (bicyclic) bond motifs is 1. The molecule has 124 valence electrons. The van der Waals surface area contributed by atoms with Crippen molar-refractivity contribution in [2.24, 2.45) is 0 Å². The Morgan fingerprint density at radius 3 is 3.00 bits per heavy atom. The molecular formula is C18H21N5O. The van der Waals surface area contributed by atoms with Crippen molar-refractivity contribution in [1.29, 1.82) is 0 Å². The van der Waals surface area contributed by atoms with E-state index in [0.29, 0.717) is 18.7 Å². The number of anilines is 1. The molecule has 0 spiro atoms. The number of nitrogens with one attached hydrogen (secondary N) is 1. The fraction of sp³-hybridized carbons (Fsp3) is 0.389. The van der Waals surface area contributed by atoms with Crippen molar-refractivity contribution < 1.29 is 5.11 Å². The van der Waals surface area contributed by atoms with Crippen LogP contribution in [0.2, 0.25) is 0 Å². The topological polar surface area (TPSA) is 77.9 Å². The Morgan fingerprint density at radius 2 is 2.21 bits per heavy atom. The van der Waals surface area contributed by atoms with Crippen molar-refractivity contribution in [3.05, 3.63) is 47.9 Å². The predicted octanol–water partition coefficient (Wildman–Crippen LogP) is 2.40. The second kappa shape index (κ2) is 5.87. The molecule has 0 aliphatic carbocycles. The number of aromatic amines is 1. The van der Waals surface area contributed by atoms with Crippen molar-refractivity contribution in [2.75, 3.05) is 18.0 Å². The van der Waals surface area contributed by atoms with Crippen LogP contribution < -0.4 is 4.90 Å². The molecule has 1 fully saturated rings. The second-order valence-electron chi connectivity index (χ2n) is 6.42. The molecule has 1 unspecified atom stereocenters. The monoisotopic (exact) mass is 323 g/mol. The Hall–Kier alpha value is -2.47. The second-order valence-corrected chi connectivity index (χ2v) is 6.42. The summed E-state index contributed by atoms with van der Waals surface area (Å²) in [6, 6.07) is 10.3. The van der Waals surface area contributed by atoms with Crippen molar-refractivity contribution in [3.63, 3.8) is 0 Å². The standard InChI is InChI=1S/C18H21N5O/c1-2-13-10-16(14-6-3-4-7-15(14)20-13)23-9-5-8-18(24,12-23)17-11-19-22-21-17/h3-4,6-7,10-11,24H,2,5,8-9,12H2,1H3,(H,19,21,22). The average Bonchev–Trinajstić information content (AvgIpc) is 3.16. The number of rotatable bonds is 3. The number of pyridine rings is 1. The quantitative estimate of drug-likeness (QED) is 0.774. The number of nitrogens with zero attached hydrogens (tertiary/aromatic N) is 4. The maximum Gasteiger partial charge on any atom is 0.127 e. The normalized spacial score (nSPS) is 21.3. The van der Waals surface area contributed by atoms with Gasteiger partial charge in [-0.05, 0) is 31.4 Å². The summed E-state index contributed by atoms with van der Waals surface area (Å²) in [5, 5.41) is 22.8. The van der Waals surface area contributed by atoms with Crippen LogP contribution in [-0.2, 0) is 12.0 Å². The highest BCUT2D eigenvalue weighted by Crippen LogP contribution is 2.35. The van der Waals surface area contributed by atoms with Gasteiger partial charge in [0.1, 0.15) is 11.3 Å². The third-order valence-corrected chi connectivity index (χ3v) is 4.81. The summed E-state index contributed by atoms with van der Waals surface area (Å²) in [6.45, 7) is 3.54. The van der Waals surface area contributed by atoms with E-state index >= 15 is 0 Å². The molecule has 1 aliphatic rings. The molecule has 1 saturated heterocycles. The molecule has 1 aromatic carbocycles. The largest absolute Gasteiger partial charge is 0.382 e. The van der Waals surface area contributed by atoms with Gasteiger partial charge in [-0.1, -0.05) is 25.1 Å². The Balaban J connectivity index is 1.77. The Labute approximate surface area is 140 Å². The van der Waals surface area contributed by atoms with Gasteiger partial charge < -0.3 is 10.0 Å². The zero-order chi connectivity index (χ0) is 16.6. The van der Waals surface area contributed by atoms with E-state index in [4.69, 9.17) is 4.98 Å². The van der Waals surface area contributed by atoms with Crippen LogP contribution in [0.15, 0.2) is 36.5 Å². The SMILES string of the molecule is CCc1cc(N2CCCC(O)(c3cn[nH]n3)C2)c2ccccc2n1. The van der Waals surface area contributed by atoms with Gasteiger partial charge in [-0.2, -0.15) is 15.4 Å². The molecule has 4 rings (SSSR count). The summed E-state index contributed by atoms with van der Waals surface area (Å²) in [7, 11) is 0. The Morgan fingerprint density at radius 1 is 1.33 bits per heavy atom. The van der Waals surface area contributed by atoms with E-state index in [1.54, 1.807) is 6.20 Å². The lowest BCUT2D eigenvalue weighted by atomic mass is 9.89. The van der Waals surface area contributed by atoms with Gasteiger partial charge in [0.25, 0.3) is 0 Å². The molecule has 3 heterocycles. The van der Waals surface area contributed by atoms with Crippen LogP contribution >= 0.6 is 0 Å². The summed E-state index contributed by atoms with van der Waals surface area (Å²) < 4.78 is 0. The Kier molecular flexibility index (Phi) is 3.69. The van der Waals surface area contributed by atoms with Crippen LogP contribution in [-0.4, -0.2) is 38.6 Å². The number of benzene rings is 1. The number of aromatic nitrogens is 4. The molecule has 6 nitrogen and oxygen atoms in total. The molecule has 2 N–H and O–H groups in total. The lowest BCUT2D eigenvalue weighted by molar-refractivity contribution is 0.0177. The van der Waals surface area contributed by atoms with Crippen LogP contribution in [0.1, 0.15) is 31.2 Å². The number of piperidine rings is 1. The van der Waals surface area contributed by atoms with E-state index in [1.807, 2.05) is 18.2 Å². The van der Waals surface area contributed by atoms with Gasteiger partial charge >= 0.3 is 0 Å². The van der Waals surface area contributed by atoms with E-state index < -0.39 is 5.60 Å². The summed E-state index contributed by atoms with van der Waals surface area (Å²) in [6.07, 6.45) is 4.10. The number of aliphatic hydroxyl groups is 1. The van der Waals surface area contributed by atoms with Crippen molar-refractivity contribution in [2.45, 2.75) is 31.8 Å². The fourth-order valence-corrected chi connectivity index (χ4v) is 3.53. The van der Waals surface area contributed by atoms with Crippen LogP contribution in [0.4, 0.5) is 5.69 Å². The van der Waals surface area contributed by atoms with Gasteiger partial charge in [0.15, 0.2) is 0 Å². The first-order chi connectivity index (χ1) is 11.7. The van der Waals surface area contributed by atoms with Gasteiger partial charge in [0.05, 0.1) is 18.3 Å². The number of aryl methyl sites for hydroxylation is 1. The van der Waals surface area contributed by atoms with Crippen molar-refractivity contribution in [3.8, 4) is 0 Å². The maximum atomic E-state index is 11.1. The minimum absolute atomic E-state index is 0.511. The fourth-order valence-electron chi connectivity index (χ4n) is 3.53. The average molecular weight is 323 g/mol. The first-order valence-electron chi connectivity index (χ1n) is 8.42. The molecule has 0 saturated carbocycles. The molecule has 1 aliphatic heterocycles. The summed E-state index contributed by atoms with van der Waals surface area (Å²) in [4.78, 5) is 6.97. The Bertz CT molecular complexity index is 848. The molecule has 0 bridgehead atoms. The third-order valence-electron chi connectivity index (χ3n) is 4.81. The first kappa shape index (κ1) is 15.1. The molecular weight excluding hydrogens is 302 g/mol. The summed E-state index contributed by atoms with van der Waals surface area (Å²) in [5.41, 5.74) is 2.85. The lowest BCUT2D eigenvalue weighted by Crippen LogP contribution is -2.46. The third kappa shape index (κ3) is 2.53. The number of β-amino-alcohol motifs (C(OH)–C–C–N with tert-alkyl or cyclic N) is 1. The highest BCUT2D eigenvalue weighted by molar-refractivity contribution is 5.92. The van der Waals surface area contributed by atoms with Gasteiger partial charge in [0, 0.05) is 23.3 Å². The van der Waals surface area contributed by atoms with Gasteiger partial charge in [-0.25, -0.2) is 0 Å². The lowest BCUT2D eigenvalue weighted by Gasteiger charge is -2.39. The zero-order valence-corrected chi connectivity index (χ0v) is 13.7. The van der Waals surface area contributed by atoms with Crippen LogP contribution in [0.5, 0.6) is 0 Å². The van der Waals surface area contributed by atoms with Crippen LogP contribution in [0.25, 0.3) is 10.9 Å². The highest BCUT2D eigenvalue weighted by atomic mass is 16.3. The van der Waals surface area contributed by atoms with Gasteiger partial charge in [0.2, 0.25) is 0 Å². The minimum atomic E-state index is -0.970. The molecule has 0 amide bonds. The molecule has 2 aromatic heterocycles. The smallest absolute Gasteiger partial charge is 0.127 e. The van der Waals surface area contributed by atoms with Gasteiger partial charge in [-0.15, -0.1) is 0 Å². The molecule has 0 radical (unpaired) electrons. The number of para-hydroxylation sites is 1. The molecule has 1 atom stereocenters. The van der Waals surface area contributed by atoms with Crippen molar-refractivity contribution in [1.82, 2.24) is 20.4 Å². The van der Waals surface area contributed by atoms with E-state index in [-0.39, 0.29) is 0 Å². The first-order valence-corrected chi connectivity index (χ1v) is 8.42. The minimum Gasteiger partial charge on any atom is -0.382 e. The van der Waals surface area contributed by atoms with E-state index in [9.17, 15) is 5.11 Å². The number of H-pyrrole nitrogens is 1. The van der Waals surface area contributed by atoms with Crippen LogP contribution in [0.3, 0.4) is 0 Å². The highest BCUT2D eigenvalue weighted by Gasteiger charge is 2.37. The van der Waals surface area contributed by atoms with E-state index in [2.05, 4.69) is 39.4 Å². The maximum absolute atomic E-state index is 11.1.